The van der Waals surface area contributed by atoms with Crippen molar-refractivity contribution in [3.8, 4) is 0 Å². The Balaban J connectivity index is 1.85. The highest BCUT2D eigenvalue weighted by Gasteiger charge is 2.27. The number of pyridine rings is 1. The number of fused-ring (bicyclic) bond motifs is 2. The van der Waals surface area contributed by atoms with Crippen LogP contribution in [0.2, 0.25) is 0 Å². The second-order valence-electron chi connectivity index (χ2n) is 5.07. The summed E-state index contributed by atoms with van der Waals surface area (Å²) in [5, 5.41) is 4.50. The number of aromatic nitrogens is 3. The molecule has 4 heterocycles. The van der Waals surface area contributed by atoms with E-state index in [0.29, 0.717) is 6.67 Å². The van der Waals surface area contributed by atoms with Crippen molar-refractivity contribution < 1.29 is 0 Å². The predicted molar refractivity (Wildman–Crippen MR) is 79.4 cm³/mol. The summed E-state index contributed by atoms with van der Waals surface area (Å²) in [4.78, 5) is 9.68. The quantitative estimate of drug-likeness (QED) is 0.628. The Labute approximate surface area is 116 Å². The van der Waals surface area contributed by atoms with Gasteiger partial charge in [0.1, 0.15) is 11.8 Å². The minimum Gasteiger partial charge on any atom is -0.366 e. The lowest BCUT2D eigenvalue weighted by Gasteiger charge is -2.35. The molecule has 1 unspecified atom stereocenters. The number of H-pyrrole nitrogens is 1. The average Bonchev–Trinajstić information content (AvgIpc) is 3.06. The van der Waals surface area contributed by atoms with Crippen LogP contribution in [-0.2, 0) is 7.05 Å². The summed E-state index contributed by atoms with van der Waals surface area (Å²) in [6.07, 6.45) is 7.62. The molecule has 0 bridgehead atoms. The molecule has 3 aromatic heterocycles. The number of nitrogens with two attached hydrogens (primary N) is 1. The fourth-order valence-corrected chi connectivity index (χ4v) is 2.87. The Morgan fingerprint density at radius 3 is 3.20 bits per heavy atom. The molecule has 1 atom stereocenters. The summed E-state index contributed by atoms with van der Waals surface area (Å²) in [6.45, 7) is 0.681. The van der Waals surface area contributed by atoms with Crippen LogP contribution in [0.15, 0.2) is 36.9 Å². The summed E-state index contributed by atoms with van der Waals surface area (Å²) in [5.74, 6) is 0. The van der Waals surface area contributed by atoms with Gasteiger partial charge in [-0.1, -0.05) is 0 Å². The second kappa shape index (κ2) is 4.01. The van der Waals surface area contributed by atoms with Crippen LogP contribution in [0, 0.1) is 0 Å². The fraction of sp³-hybridized carbons (Fsp3) is 0.214. The molecule has 3 aromatic rings. The molecule has 1 aliphatic rings. The molecule has 0 fully saturated rings. The molecule has 0 saturated heterocycles. The Bertz CT molecular complexity index is 771. The molecular weight excluding hydrogens is 252 g/mol. The van der Waals surface area contributed by atoms with Crippen LogP contribution in [0.4, 0.5) is 11.4 Å². The molecule has 102 valence electrons. The Morgan fingerprint density at radius 1 is 1.40 bits per heavy atom. The molecule has 0 amide bonds. The highest BCUT2D eigenvalue weighted by atomic mass is 15.3. The van der Waals surface area contributed by atoms with Gasteiger partial charge in [-0.3, -0.25) is 0 Å². The van der Waals surface area contributed by atoms with Crippen LogP contribution >= 0.6 is 0 Å². The molecule has 6 heteroatoms. The molecule has 20 heavy (non-hydrogen) atoms. The van der Waals surface area contributed by atoms with E-state index in [1.807, 2.05) is 36.3 Å². The van der Waals surface area contributed by atoms with Crippen LogP contribution in [-0.4, -0.2) is 21.2 Å². The van der Waals surface area contributed by atoms with Crippen LogP contribution in [0.1, 0.15) is 11.7 Å². The van der Waals surface area contributed by atoms with Gasteiger partial charge >= 0.3 is 0 Å². The highest BCUT2D eigenvalue weighted by Crippen LogP contribution is 2.35. The lowest BCUT2D eigenvalue weighted by atomic mass is 10.1. The van der Waals surface area contributed by atoms with Gasteiger partial charge in [0.05, 0.1) is 18.0 Å². The Hall–Kier alpha value is -2.47. The smallest absolute Gasteiger partial charge is 0.141 e. The van der Waals surface area contributed by atoms with Gasteiger partial charge in [-0.05, 0) is 12.1 Å². The highest BCUT2D eigenvalue weighted by molar-refractivity contribution is 5.91. The third-order valence-electron chi connectivity index (χ3n) is 3.89. The van der Waals surface area contributed by atoms with Gasteiger partial charge in [-0.15, -0.1) is 0 Å². The molecule has 0 aromatic carbocycles. The number of nitrogens with one attached hydrogen (secondary N) is 2. The largest absolute Gasteiger partial charge is 0.366 e. The van der Waals surface area contributed by atoms with E-state index in [1.54, 1.807) is 0 Å². The van der Waals surface area contributed by atoms with E-state index in [2.05, 4.69) is 32.4 Å². The van der Waals surface area contributed by atoms with Gasteiger partial charge in [-0.25, -0.2) is 4.98 Å². The minimum atomic E-state index is -0.164. The molecule has 4 rings (SSSR count). The standard InChI is InChI=1S/C14H16N6/c1-19-7-12(9-3-2-4-17-14(9)19)20-8-18-11-6-16-5-10(11)13(20)15/h2-7,13,16,18H,8,15H2,1H3. The number of nitrogens with zero attached hydrogens (tertiary/aromatic N) is 3. The number of aryl methyl sites for hydroxylation is 1. The monoisotopic (exact) mass is 268 g/mol. The first-order chi connectivity index (χ1) is 9.75. The van der Waals surface area contributed by atoms with Gasteiger partial charge in [0.15, 0.2) is 0 Å². The van der Waals surface area contributed by atoms with Crippen LogP contribution < -0.4 is 16.0 Å². The summed E-state index contributed by atoms with van der Waals surface area (Å²) >= 11 is 0. The first-order valence-electron chi connectivity index (χ1n) is 6.58. The minimum absolute atomic E-state index is 0.164. The van der Waals surface area contributed by atoms with Crippen LogP contribution in [0.25, 0.3) is 11.0 Å². The van der Waals surface area contributed by atoms with Crippen molar-refractivity contribution >= 4 is 22.4 Å². The van der Waals surface area contributed by atoms with Gasteiger partial charge in [-0.2, -0.15) is 0 Å². The van der Waals surface area contributed by atoms with Gasteiger partial charge in [0.25, 0.3) is 0 Å². The zero-order valence-corrected chi connectivity index (χ0v) is 11.2. The molecule has 0 spiro atoms. The van der Waals surface area contributed by atoms with Gasteiger partial charge in [0.2, 0.25) is 0 Å². The maximum atomic E-state index is 6.40. The van der Waals surface area contributed by atoms with Gasteiger partial charge < -0.3 is 25.5 Å². The maximum Gasteiger partial charge on any atom is 0.141 e. The van der Waals surface area contributed by atoms with Crippen LogP contribution in [0.3, 0.4) is 0 Å². The Morgan fingerprint density at radius 2 is 2.30 bits per heavy atom. The van der Waals surface area contributed by atoms with Crippen molar-refractivity contribution in [3.63, 3.8) is 0 Å². The number of aromatic amines is 1. The molecular formula is C14H16N6. The maximum absolute atomic E-state index is 6.40. The van der Waals surface area contributed by atoms with Crippen molar-refractivity contribution in [1.82, 2.24) is 14.5 Å². The average molecular weight is 268 g/mol. The van der Waals surface area contributed by atoms with Crippen molar-refractivity contribution in [1.29, 1.82) is 0 Å². The molecule has 0 saturated carbocycles. The number of anilines is 2. The molecule has 6 nitrogen and oxygen atoms in total. The summed E-state index contributed by atoms with van der Waals surface area (Å²) in [6, 6.07) is 4.04. The van der Waals surface area contributed by atoms with E-state index in [1.165, 1.54) is 0 Å². The molecule has 0 radical (unpaired) electrons. The third kappa shape index (κ3) is 1.45. The normalized spacial score (nSPS) is 18.1. The zero-order chi connectivity index (χ0) is 13.7. The van der Waals surface area contributed by atoms with E-state index < -0.39 is 0 Å². The number of hydrogen-bond donors (Lipinski definition) is 3. The van der Waals surface area contributed by atoms with Crippen LogP contribution in [0.5, 0.6) is 0 Å². The van der Waals surface area contributed by atoms with Gasteiger partial charge in [0, 0.05) is 42.8 Å². The van der Waals surface area contributed by atoms with Crippen molar-refractivity contribution in [3.05, 3.63) is 42.5 Å². The fourth-order valence-electron chi connectivity index (χ4n) is 2.87. The second-order valence-corrected chi connectivity index (χ2v) is 5.07. The van der Waals surface area contributed by atoms with E-state index in [4.69, 9.17) is 5.73 Å². The van der Waals surface area contributed by atoms with Crippen molar-refractivity contribution in [2.24, 2.45) is 12.8 Å². The van der Waals surface area contributed by atoms with E-state index in [0.717, 1.165) is 28.0 Å². The predicted octanol–water partition coefficient (Wildman–Crippen LogP) is 1.75. The topological polar surface area (TPSA) is 74.9 Å². The first-order valence-corrected chi connectivity index (χ1v) is 6.58. The summed E-state index contributed by atoms with van der Waals surface area (Å²) in [7, 11) is 2.00. The van der Waals surface area contributed by atoms with Crippen molar-refractivity contribution in [2.45, 2.75) is 6.17 Å². The number of hydrogen-bond acceptors (Lipinski definition) is 4. The molecule has 1 aliphatic heterocycles. The molecule has 0 aliphatic carbocycles. The number of rotatable bonds is 1. The molecule has 4 N–H and O–H groups in total. The SMILES string of the molecule is Cn1cc(N2CNc3c[nH]cc3C2N)c2cccnc21. The Kier molecular flexibility index (Phi) is 2.28. The van der Waals surface area contributed by atoms with E-state index >= 15 is 0 Å². The first kappa shape index (κ1) is 11.4. The zero-order valence-electron chi connectivity index (χ0n) is 11.2. The summed E-state index contributed by atoms with van der Waals surface area (Å²) < 4.78 is 2.03. The van der Waals surface area contributed by atoms with Crippen molar-refractivity contribution in [2.75, 3.05) is 16.9 Å². The van der Waals surface area contributed by atoms with E-state index in [9.17, 15) is 0 Å². The summed E-state index contributed by atoms with van der Waals surface area (Å²) in [5.41, 5.74) is 10.6. The van der Waals surface area contributed by atoms with E-state index in [-0.39, 0.29) is 6.17 Å². The lowest BCUT2D eigenvalue weighted by molar-refractivity contribution is 0.649. The lowest BCUT2D eigenvalue weighted by Crippen LogP contribution is -2.41. The third-order valence-corrected chi connectivity index (χ3v) is 3.89.